The van der Waals surface area contributed by atoms with Gasteiger partial charge in [0.1, 0.15) is 5.56 Å². The molecule has 0 radical (unpaired) electrons. The van der Waals surface area contributed by atoms with Crippen molar-refractivity contribution >= 4 is 22.6 Å². The number of hydrogen-bond donors (Lipinski definition) is 1. The number of amides is 1. The molecule has 0 aliphatic rings. The lowest BCUT2D eigenvalue weighted by atomic mass is 10.1. The van der Waals surface area contributed by atoms with Crippen molar-refractivity contribution in [1.82, 2.24) is 4.90 Å². The summed E-state index contributed by atoms with van der Waals surface area (Å²) in [5.41, 5.74) is 1.14. The Bertz CT molecular complexity index is 1100. The zero-order valence-electron chi connectivity index (χ0n) is 17.8. The van der Waals surface area contributed by atoms with Crippen LogP contribution in [0.3, 0.4) is 0 Å². The van der Waals surface area contributed by atoms with Crippen molar-refractivity contribution in [2.24, 2.45) is 0 Å². The standard InChI is InChI=1S/C23H26N2O5/c1-14(2)29-21-19(28-5)11-8-16-12-18(23(27)30-20(16)21)22(26)24-17-9-6-15(7-10-17)13-25(3)4/h6-12,14H,13H2,1-5H3,(H,24,26). The monoisotopic (exact) mass is 410 g/mol. The molecule has 0 unspecified atom stereocenters. The molecule has 7 heteroatoms. The van der Waals surface area contributed by atoms with Crippen LogP contribution in [-0.4, -0.2) is 38.1 Å². The van der Waals surface area contributed by atoms with Crippen LogP contribution >= 0.6 is 0 Å². The third-order valence-corrected chi connectivity index (χ3v) is 4.35. The van der Waals surface area contributed by atoms with Crippen LogP contribution in [0.5, 0.6) is 11.5 Å². The third kappa shape index (κ3) is 4.80. The molecule has 1 aromatic heterocycles. The molecule has 1 amide bonds. The molecule has 0 bridgehead atoms. The van der Waals surface area contributed by atoms with Gasteiger partial charge in [0.2, 0.25) is 5.75 Å². The van der Waals surface area contributed by atoms with E-state index in [1.165, 1.54) is 13.2 Å². The van der Waals surface area contributed by atoms with Gasteiger partial charge in [-0.05, 0) is 63.8 Å². The van der Waals surface area contributed by atoms with Gasteiger partial charge < -0.3 is 24.1 Å². The number of carbonyl (C=O) groups is 1. The smallest absolute Gasteiger partial charge is 0.349 e. The van der Waals surface area contributed by atoms with Gasteiger partial charge in [0, 0.05) is 17.6 Å². The van der Waals surface area contributed by atoms with E-state index in [-0.39, 0.29) is 17.3 Å². The van der Waals surface area contributed by atoms with Gasteiger partial charge in [0.05, 0.1) is 13.2 Å². The van der Waals surface area contributed by atoms with E-state index in [2.05, 4.69) is 10.2 Å². The highest BCUT2D eigenvalue weighted by Gasteiger charge is 2.19. The summed E-state index contributed by atoms with van der Waals surface area (Å²) in [6.07, 6.45) is -0.145. The third-order valence-electron chi connectivity index (χ3n) is 4.35. The fraction of sp³-hybridized carbons (Fsp3) is 0.304. The molecule has 2 aromatic carbocycles. The fourth-order valence-electron chi connectivity index (χ4n) is 3.06. The van der Waals surface area contributed by atoms with Crippen LogP contribution in [-0.2, 0) is 6.54 Å². The molecule has 3 rings (SSSR count). The quantitative estimate of drug-likeness (QED) is 0.595. The van der Waals surface area contributed by atoms with Crippen LogP contribution in [0.25, 0.3) is 11.0 Å². The van der Waals surface area contributed by atoms with Gasteiger partial charge in [-0.3, -0.25) is 4.79 Å². The molecule has 7 nitrogen and oxygen atoms in total. The molecular weight excluding hydrogens is 384 g/mol. The van der Waals surface area contributed by atoms with Gasteiger partial charge in [-0.1, -0.05) is 12.1 Å². The molecule has 30 heavy (non-hydrogen) atoms. The molecule has 0 saturated carbocycles. The molecule has 0 aliphatic carbocycles. The molecule has 0 fully saturated rings. The Balaban J connectivity index is 1.91. The van der Waals surface area contributed by atoms with Gasteiger partial charge in [-0.2, -0.15) is 0 Å². The number of benzene rings is 2. The van der Waals surface area contributed by atoms with Crippen molar-refractivity contribution in [2.75, 3.05) is 26.5 Å². The summed E-state index contributed by atoms with van der Waals surface area (Å²) in [7, 11) is 5.49. The van der Waals surface area contributed by atoms with E-state index >= 15 is 0 Å². The van der Waals surface area contributed by atoms with E-state index in [9.17, 15) is 9.59 Å². The zero-order valence-corrected chi connectivity index (χ0v) is 17.8. The normalized spacial score (nSPS) is 11.2. The highest BCUT2D eigenvalue weighted by atomic mass is 16.5. The minimum Gasteiger partial charge on any atom is -0.493 e. The number of methoxy groups -OCH3 is 1. The number of fused-ring (bicyclic) bond motifs is 1. The van der Waals surface area contributed by atoms with Crippen LogP contribution in [0.2, 0.25) is 0 Å². The summed E-state index contributed by atoms with van der Waals surface area (Å²) in [6.45, 7) is 4.52. The number of carbonyl (C=O) groups excluding carboxylic acids is 1. The Morgan fingerprint density at radius 1 is 1.13 bits per heavy atom. The van der Waals surface area contributed by atoms with Crippen LogP contribution in [0.15, 0.2) is 51.7 Å². The molecule has 0 saturated heterocycles. The second-order valence-corrected chi connectivity index (χ2v) is 7.52. The predicted octanol–water partition coefficient (Wildman–Crippen LogP) is 3.90. The minimum absolute atomic E-state index is 0.0828. The Kier molecular flexibility index (Phi) is 6.42. The Morgan fingerprint density at radius 2 is 1.83 bits per heavy atom. The topological polar surface area (TPSA) is 81.0 Å². The Labute approximate surface area is 175 Å². The minimum atomic E-state index is -0.744. The van der Waals surface area contributed by atoms with Crippen molar-refractivity contribution in [3.05, 3.63) is 64.0 Å². The van der Waals surface area contributed by atoms with Crippen LogP contribution in [0.1, 0.15) is 29.8 Å². The highest BCUT2D eigenvalue weighted by Crippen LogP contribution is 2.36. The number of nitrogens with zero attached hydrogens (tertiary/aromatic N) is 1. The maximum atomic E-state index is 12.7. The van der Waals surface area contributed by atoms with Gasteiger partial charge in [0.25, 0.3) is 5.91 Å². The largest absolute Gasteiger partial charge is 0.493 e. The van der Waals surface area contributed by atoms with E-state index in [1.807, 2.05) is 40.1 Å². The van der Waals surface area contributed by atoms with Crippen molar-refractivity contribution in [1.29, 1.82) is 0 Å². The second-order valence-electron chi connectivity index (χ2n) is 7.52. The number of nitrogens with one attached hydrogen (secondary N) is 1. The molecule has 0 spiro atoms. The Hall–Kier alpha value is -3.32. The average molecular weight is 410 g/mol. The van der Waals surface area contributed by atoms with Crippen LogP contribution < -0.4 is 20.4 Å². The van der Waals surface area contributed by atoms with E-state index < -0.39 is 11.5 Å². The first kappa shape index (κ1) is 21.4. The predicted molar refractivity (Wildman–Crippen MR) is 117 cm³/mol. The first-order chi connectivity index (χ1) is 14.3. The maximum absolute atomic E-state index is 12.7. The second kappa shape index (κ2) is 9.00. The summed E-state index contributed by atoms with van der Waals surface area (Å²) in [5.74, 6) is 0.257. The fourth-order valence-corrected chi connectivity index (χ4v) is 3.06. The van der Waals surface area contributed by atoms with E-state index in [1.54, 1.807) is 24.3 Å². The Morgan fingerprint density at radius 3 is 2.43 bits per heavy atom. The lowest BCUT2D eigenvalue weighted by molar-refractivity contribution is 0.102. The van der Waals surface area contributed by atoms with E-state index in [0.717, 1.165) is 12.1 Å². The summed E-state index contributed by atoms with van der Waals surface area (Å²) < 4.78 is 16.6. The zero-order chi connectivity index (χ0) is 21.8. The van der Waals surface area contributed by atoms with Gasteiger partial charge in [-0.15, -0.1) is 0 Å². The van der Waals surface area contributed by atoms with Crippen molar-refractivity contribution in [2.45, 2.75) is 26.5 Å². The maximum Gasteiger partial charge on any atom is 0.349 e. The van der Waals surface area contributed by atoms with Crippen molar-refractivity contribution in [3.8, 4) is 11.5 Å². The van der Waals surface area contributed by atoms with Gasteiger partial charge >= 0.3 is 5.63 Å². The average Bonchev–Trinajstić information content (AvgIpc) is 2.68. The number of anilines is 1. The molecule has 158 valence electrons. The molecule has 1 N–H and O–H groups in total. The summed E-state index contributed by atoms with van der Waals surface area (Å²) in [5, 5.41) is 3.31. The van der Waals surface area contributed by atoms with E-state index in [0.29, 0.717) is 22.6 Å². The molecule has 0 aliphatic heterocycles. The molecule has 0 atom stereocenters. The summed E-state index contributed by atoms with van der Waals surface area (Å²) in [6, 6.07) is 12.4. The van der Waals surface area contributed by atoms with Crippen molar-refractivity contribution < 1.29 is 18.7 Å². The summed E-state index contributed by atoms with van der Waals surface area (Å²) >= 11 is 0. The van der Waals surface area contributed by atoms with E-state index in [4.69, 9.17) is 13.9 Å². The molecule has 3 aromatic rings. The summed E-state index contributed by atoms with van der Waals surface area (Å²) in [4.78, 5) is 27.3. The number of rotatable bonds is 7. The first-order valence-electron chi connectivity index (χ1n) is 9.65. The highest BCUT2D eigenvalue weighted by molar-refractivity contribution is 6.05. The van der Waals surface area contributed by atoms with Crippen LogP contribution in [0, 0.1) is 0 Å². The lowest BCUT2D eigenvalue weighted by Gasteiger charge is -2.15. The number of ether oxygens (including phenoxy) is 2. The first-order valence-corrected chi connectivity index (χ1v) is 9.65. The van der Waals surface area contributed by atoms with Crippen molar-refractivity contribution in [3.63, 3.8) is 0 Å². The van der Waals surface area contributed by atoms with Crippen LogP contribution in [0.4, 0.5) is 5.69 Å². The molecular formula is C23H26N2O5. The SMILES string of the molecule is COc1ccc2cc(C(=O)Nc3ccc(CN(C)C)cc3)c(=O)oc2c1OC(C)C. The molecule has 1 heterocycles. The lowest BCUT2D eigenvalue weighted by Crippen LogP contribution is -2.21. The van der Waals surface area contributed by atoms with Gasteiger partial charge in [0.15, 0.2) is 11.3 Å². The number of hydrogen-bond acceptors (Lipinski definition) is 6. The van der Waals surface area contributed by atoms with Gasteiger partial charge in [-0.25, -0.2) is 4.79 Å².